The van der Waals surface area contributed by atoms with Gasteiger partial charge in [0.15, 0.2) is 0 Å². The first-order valence-corrected chi connectivity index (χ1v) is 7.44. The topological polar surface area (TPSA) is 68.8 Å². The van der Waals surface area contributed by atoms with Crippen molar-refractivity contribution in [3.63, 3.8) is 0 Å². The average molecular weight is 314 g/mol. The number of aromatic nitrogens is 2. The van der Waals surface area contributed by atoms with Gasteiger partial charge in [0, 0.05) is 28.1 Å². The number of H-pyrrole nitrogens is 1. The summed E-state index contributed by atoms with van der Waals surface area (Å²) in [5, 5.41) is 12.3. The zero-order valence-corrected chi connectivity index (χ0v) is 12.6. The number of fused-ring (bicyclic) bond motifs is 1. The largest absolute Gasteiger partial charge is 0.550 e. The number of aryl methyl sites for hydroxylation is 1. The second-order valence-corrected chi connectivity index (χ2v) is 5.55. The van der Waals surface area contributed by atoms with Gasteiger partial charge in [-0.2, -0.15) is 0 Å². The maximum atomic E-state index is 10.6. The molecule has 3 aromatic rings. The van der Waals surface area contributed by atoms with E-state index in [9.17, 15) is 9.90 Å². The van der Waals surface area contributed by atoms with Gasteiger partial charge in [-0.3, -0.25) is 4.98 Å². The van der Waals surface area contributed by atoms with Gasteiger partial charge in [-0.1, -0.05) is 17.7 Å². The molecular formula is C17H14ClN2O2-. The fourth-order valence-corrected chi connectivity index (χ4v) is 2.79. The van der Waals surface area contributed by atoms with Gasteiger partial charge in [0.25, 0.3) is 0 Å². The number of halogens is 1. The molecule has 0 aliphatic carbocycles. The third-order valence-electron chi connectivity index (χ3n) is 3.60. The molecule has 0 fully saturated rings. The highest BCUT2D eigenvalue weighted by atomic mass is 35.5. The maximum absolute atomic E-state index is 10.6. The number of hydrogen-bond acceptors (Lipinski definition) is 3. The molecule has 0 saturated carbocycles. The van der Waals surface area contributed by atoms with E-state index in [0.29, 0.717) is 17.9 Å². The van der Waals surface area contributed by atoms with E-state index >= 15 is 0 Å². The number of nitrogens with zero attached hydrogens (tertiary/aromatic N) is 1. The minimum atomic E-state index is -1.03. The molecule has 0 saturated heterocycles. The van der Waals surface area contributed by atoms with E-state index in [1.54, 1.807) is 6.20 Å². The number of carbonyl (C=O) groups excluding carboxylic acids is 1. The number of aromatic amines is 1. The number of hydrogen-bond donors (Lipinski definition) is 1. The first-order chi connectivity index (χ1) is 10.6. The van der Waals surface area contributed by atoms with E-state index in [0.717, 1.165) is 27.9 Å². The Kier molecular flexibility index (Phi) is 4.11. The van der Waals surface area contributed by atoms with Gasteiger partial charge < -0.3 is 14.9 Å². The molecule has 1 N–H and O–H groups in total. The van der Waals surface area contributed by atoms with Gasteiger partial charge in [-0.25, -0.2) is 0 Å². The molecule has 0 amide bonds. The highest BCUT2D eigenvalue weighted by molar-refractivity contribution is 6.31. The number of pyridine rings is 1. The maximum Gasteiger partial charge on any atom is 0.0867 e. The summed E-state index contributed by atoms with van der Waals surface area (Å²) < 4.78 is 0. The molecule has 0 bridgehead atoms. The smallest absolute Gasteiger partial charge is 0.0867 e. The molecule has 1 aromatic carbocycles. The van der Waals surface area contributed by atoms with Crippen LogP contribution in [0, 0.1) is 0 Å². The molecule has 112 valence electrons. The van der Waals surface area contributed by atoms with Gasteiger partial charge in [0.05, 0.1) is 11.4 Å². The van der Waals surface area contributed by atoms with Crippen molar-refractivity contribution in [1.29, 1.82) is 0 Å². The van der Waals surface area contributed by atoms with Crippen LogP contribution in [0.15, 0.2) is 42.6 Å². The molecule has 3 rings (SSSR count). The predicted octanol–water partition coefficient (Wildman–Crippen LogP) is 2.96. The fraction of sp³-hybridized carbons (Fsp3) is 0.176. The van der Waals surface area contributed by atoms with E-state index in [1.807, 2.05) is 36.4 Å². The van der Waals surface area contributed by atoms with Crippen LogP contribution < -0.4 is 5.11 Å². The van der Waals surface area contributed by atoms with Crippen LogP contribution in [0.3, 0.4) is 0 Å². The molecule has 5 heteroatoms. The van der Waals surface area contributed by atoms with E-state index in [1.165, 1.54) is 0 Å². The number of benzene rings is 1. The monoisotopic (exact) mass is 313 g/mol. The number of nitrogens with one attached hydrogen (secondary N) is 1. The van der Waals surface area contributed by atoms with E-state index in [4.69, 9.17) is 11.6 Å². The van der Waals surface area contributed by atoms with Gasteiger partial charge in [0.2, 0.25) is 0 Å². The number of carbonyl (C=O) groups is 1. The summed E-state index contributed by atoms with van der Waals surface area (Å²) in [5.74, 6) is -1.03. The Morgan fingerprint density at radius 1 is 1.27 bits per heavy atom. The summed E-state index contributed by atoms with van der Waals surface area (Å²) in [6.07, 6.45) is 2.91. The van der Waals surface area contributed by atoms with E-state index in [2.05, 4.69) is 9.97 Å². The summed E-state index contributed by atoms with van der Waals surface area (Å²) >= 11 is 6.10. The third-order valence-corrected chi connectivity index (χ3v) is 3.83. The number of rotatable bonds is 5. The van der Waals surface area contributed by atoms with Crippen LogP contribution in [0.1, 0.15) is 18.4 Å². The number of carboxylic acid groups (broad SMARTS) is 1. The van der Waals surface area contributed by atoms with Crippen LogP contribution in [-0.2, 0) is 11.2 Å². The Bertz CT molecular complexity index is 812. The molecule has 2 heterocycles. The lowest BCUT2D eigenvalue weighted by atomic mass is 10.0. The van der Waals surface area contributed by atoms with Crippen LogP contribution in [-0.4, -0.2) is 15.9 Å². The highest BCUT2D eigenvalue weighted by Gasteiger charge is 2.14. The van der Waals surface area contributed by atoms with Crippen LogP contribution in [0.2, 0.25) is 5.02 Å². The van der Waals surface area contributed by atoms with Gasteiger partial charge in [0.1, 0.15) is 0 Å². The molecule has 22 heavy (non-hydrogen) atoms. The van der Waals surface area contributed by atoms with Crippen molar-refractivity contribution in [2.75, 3.05) is 0 Å². The Labute approximate surface area is 132 Å². The summed E-state index contributed by atoms with van der Waals surface area (Å²) in [6.45, 7) is 0. The molecular weight excluding hydrogens is 300 g/mol. The van der Waals surface area contributed by atoms with Crippen LogP contribution in [0.25, 0.3) is 22.3 Å². The molecule has 0 aliphatic heterocycles. The minimum absolute atomic E-state index is 0.0366. The third kappa shape index (κ3) is 2.97. The summed E-state index contributed by atoms with van der Waals surface area (Å²) in [4.78, 5) is 18.4. The Hall–Kier alpha value is -2.33. The Balaban J connectivity index is 2.07. The van der Waals surface area contributed by atoms with Crippen molar-refractivity contribution < 1.29 is 9.90 Å². The lowest BCUT2D eigenvalue weighted by Crippen LogP contribution is -2.21. The van der Waals surface area contributed by atoms with Crippen molar-refractivity contribution in [2.24, 2.45) is 0 Å². The standard InChI is InChI=1S/C17H15ClN2O2/c18-11-7-8-14-13(10-11)12(4-3-6-16(21)22)17(20-14)15-5-1-2-9-19-15/h1-2,5,7-10,20H,3-4,6H2,(H,21,22)/p-1. The fourth-order valence-electron chi connectivity index (χ4n) is 2.62. The van der Waals surface area contributed by atoms with Crippen LogP contribution >= 0.6 is 11.6 Å². The van der Waals surface area contributed by atoms with Crippen molar-refractivity contribution in [3.8, 4) is 11.4 Å². The van der Waals surface area contributed by atoms with Gasteiger partial charge in [-0.15, -0.1) is 0 Å². The SMILES string of the molecule is O=C([O-])CCCc1c(-c2ccccn2)[nH]c2ccc(Cl)cc12. The number of carboxylic acids is 1. The second kappa shape index (κ2) is 6.20. The Morgan fingerprint density at radius 3 is 2.86 bits per heavy atom. The quantitative estimate of drug-likeness (QED) is 0.787. The molecule has 0 spiro atoms. The molecule has 0 radical (unpaired) electrons. The minimum Gasteiger partial charge on any atom is -0.550 e. The molecule has 0 unspecified atom stereocenters. The van der Waals surface area contributed by atoms with Crippen molar-refractivity contribution in [3.05, 3.63) is 53.2 Å². The van der Waals surface area contributed by atoms with Gasteiger partial charge in [-0.05, 0) is 55.2 Å². The highest BCUT2D eigenvalue weighted by Crippen LogP contribution is 2.32. The van der Waals surface area contributed by atoms with Crippen molar-refractivity contribution in [1.82, 2.24) is 9.97 Å². The predicted molar refractivity (Wildman–Crippen MR) is 84.5 cm³/mol. The summed E-state index contributed by atoms with van der Waals surface area (Å²) in [6, 6.07) is 11.4. The Morgan fingerprint density at radius 2 is 2.14 bits per heavy atom. The van der Waals surface area contributed by atoms with Gasteiger partial charge >= 0.3 is 0 Å². The normalized spacial score (nSPS) is 11.0. The molecule has 4 nitrogen and oxygen atoms in total. The molecule has 0 atom stereocenters. The first kappa shape index (κ1) is 14.6. The van der Waals surface area contributed by atoms with E-state index < -0.39 is 5.97 Å². The van der Waals surface area contributed by atoms with Crippen molar-refractivity contribution >= 4 is 28.5 Å². The lowest BCUT2D eigenvalue weighted by molar-refractivity contribution is -0.305. The van der Waals surface area contributed by atoms with Crippen LogP contribution in [0.4, 0.5) is 0 Å². The molecule has 0 aliphatic rings. The van der Waals surface area contributed by atoms with Crippen molar-refractivity contribution in [2.45, 2.75) is 19.3 Å². The lowest BCUT2D eigenvalue weighted by Gasteiger charge is -2.05. The van der Waals surface area contributed by atoms with E-state index in [-0.39, 0.29) is 6.42 Å². The zero-order valence-electron chi connectivity index (χ0n) is 11.8. The summed E-state index contributed by atoms with van der Waals surface area (Å²) in [7, 11) is 0. The number of aliphatic carboxylic acids is 1. The zero-order chi connectivity index (χ0) is 15.5. The van der Waals surface area contributed by atoms with Crippen LogP contribution in [0.5, 0.6) is 0 Å². The second-order valence-electron chi connectivity index (χ2n) is 5.11. The summed E-state index contributed by atoms with van der Waals surface area (Å²) in [5.41, 5.74) is 3.75. The molecule has 2 aromatic heterocycles. The first-order valence-electron chi connectivity index (χ1n) is 7.06. The average Bonchev–Trinajstić information content (AvgIpc) is 2.86.